The highest BCUT2D eigenvalue weighted by atomic mass is 32.2. The van der Waals surface area contributed by atoms with Crippen molar-refractivity contribution < 1.29 is 8.42 Å². The van der Waals surface area contributed by atoms with E-state index in [-0.39, 0.29) is 16.4 Å². The van der Waals surface area contributed by atoms with E-state index in [0.29, 0.717) is 16.8 Å². The standard InChI is InChI=1S/C13H15N5O2S/c1-8-6-11(5-4-10(8)7-14)21(19,20)17-13-12(15)9(2)16-18(13)3/h4-6,17H,15H2,1-3H3. The number of nitrogens with one attached hydrogen (secondary N) is 1. The zero-order valence-electron chi connectivity index (χ0n) is 11.9. The van der Waals surface area contributed by atoms with Crippen LogP contribution in [-0.4, -0.2) is 18.2 Å². The van der Waals surface area contributed by atoms with Gasteiger partial charge in [-0.25, -0.2) is 13.1 Å². The predicted octanol–water partition coefficient (Wildman–Crippen LogP) is 1.29. The molecule has 0 saturated carbocycles. The molecule has 1 aromatic carbocycles. The molecule has 8 heteroatoms. The van der Waals surface area contributed by atoms with Crippen molar-refractivity contribution >= 4 is 21.5 Å². The molecule has 0 aliphatic rings. The van der Waals surface area contributed by atoms with Crippen LogP contribution in [0.2, 0.25) is 0 Å². The summed E-state index contributed by atoms with van der Waals surface area (Å²) in [5, 5.41) is 12.9. The molecule has 3 N–H and O–H groups in total. The predicted molar refractivity (Wildman–Crippen MR) is 79.1 cm³/mol. The van der Waals surface area contributed by atoms with Gasteiger partial charge in [0.25, 0.3) is 10.0 Å². The van der Waals surface area contributed by atoms with E-state index in [1.54, 1.807) is 20.9 Å². The van der Waals surface area contributed by atoms with Gasteiger partial charge in [0.1, 0.15) is 0 Å². The highest BCUT2D eigenvalue weighted by molar-refractivity contribution is 7.92. The Labute approximate surface area is 123 Å². The summed E-state index contributed by atoms with van der Waals surface area (Å²) in [5.41, 5.74) is 7.67. The second-order valence-corrected chi connectivity index (χ2v) is 6.35. The smallest absolute Gasteiger partial charge is 0.263 e. The summed E-state index contributed by atoms with van der Waals surface area (Å²) in [6.07, 6.45) is 0. The fourth-order valence-corrected chi connectivity index (χ4v) is 3.10. The van der Waals surface area contributed by atoms with Crippen LogP contribution in [-0.2, 0) is 17.1 Å². The maximum atomic E-state index is 12.4. The molecule has 2 aromatic rings. The number of rotatable bonds is 3. The average molecular weight is 305 g/mol. The Morgan fingerprint density at radius 2 is 2.05 bits per heavy atom. The summed E-state index contributed by atoms with van der Waals surface area (Å²) < 4.78 is 28.5. The lowest BCUT2D eigenvalue weighted by molar-refractivity contribution is 0.600. The van der Waals surface area contributed by atoms with Crippen molar-refractivity contribution in [3.05, 3.63) is 35.0 Å². The maximum Gasteiger partial charge on any atom is 0.263 e. The molecule has 2 rings (SSSR count). The van der Waals surface area contributed by atoms with Gasteiger partial charge in [0.2, 0.25) is 0 Å². The van der Waals surface area contributed by atoms with Crippen molar-refractivity contribution in [3.8, 4) is 6.07 Å². The number of nitriles is 1. The lowest BCUT2D eigenvalue weighted by atomic mass is 10.1. The number of sulfonamides is 1. The molecule has 1 aromatic heterocycles. The summed E-state index contributed by atoms with van der Waals surface area (Å²) in [4.78, 5) is 0.0669. The summed E-state index contributed by atoms with van der Waals surface area (Å²) in [5.74, 6) is 0.217. The number of benzene rings is 1. The normalized spacial score (nSPS) is 11.1. The van der Waals surface area contributed by atoms with E-state index in [0.717, 1.165) is 0 Å². The average Bonchev–Trinajstić information content (AvgIpc) is 2.65. The molecule has 7 nitrogen and oxygen atoms in total. The van der Waals surface area contributed by atoms with E-state index >= 15 is 0 Å². The van der Waals surface area contributed by atoms with Crippen molar-refractivity contribution in [2.75, 3.05) is 10.5 Å². The number of anilines is 2. The van der Waals surface area contributed by atoms with Crippen LogP contribution in [0.4, 0.5) is 11.5 Å². The van der Waals surface area contributed by atoms with Crippen molar-refractivity contribution in [1.82, 2.24) is 9.78 Å². The first-order valence-electron chi connectivity index (χ1n) is 6.09. The van der Waals surface area contributed by atoms with Crippen LogP contribution in [0.5, 0.6) is 0 Å². The molecule has 0 atom stereocenters. The third-order valence-electron chi connectivity index (χ3n) is 3.13. The molecule has 0 radical (unpaired) electrons. The molecule has 0 unspecified atom stereocenters. The van der Waals surface area contributed by atoms with Gasteiger partial charge in [-0.1, -0.05) is 0 Å². The molecule has 0 spiro atoms. The molecule has 0 fully saturated rings. The number of aromatic nitrogens is 2. The van der Waals surface area contributed by atoms with Crippen LogP contribution in [0, 0.1) is 25.2 Å². The molecule has 110 valence electrons. The van der Waals surface area contributed by atoms with Crippen LogP contribution in [0.15, 0.2) is 23.1 Å². The van der Waals surface area contributed by atoms with Gasteiger partial charge in [-0.3, -0.25) is 4.72 Å². The first-order valence-corrected chi connectivity index (χ1v) is 7.57. The van der Waals surface area contributed by atoms with E-state index in [1.165, 1.54) is 22.9 Å². The Bertz CT molecular complexity index is 846. The van der Waals surface area contributed by atoms with Crippen LogP contribution < -0.4 is 10.5 Å². The van der Waals surface area contributed by atoms with Gasteiger partial charge in [-0.15, -0.1) is 0 Å². The monoisotopic (exact) mass is 305 g/mol. The van der Waals surface area contributed by atoms with E-state index < -0.39 is 10.0 Å². The number of nitrogens with two attached hydrogens (primary N) is 1. The van der Waals surface area contributed by atoms with Crippen LogP contribution in [0.1, 0.15) is 16.8 Å². The molecule has 0 aliphatic heterocycles. The number of hydrogen-bond donors (Lipinski definition) is 2. The highest BCUT2D eigenvalue weighted by Crippen LogP contribution is 2.25. The molecule has 0 amide bonds. The molecule has 21 heavy (non-hydrogen) atoms. The van der Waals surface area contributed by atoms with Gasteiger partial charge in [-0.05, 0) is 37.6 Å². The minimum atomic E-state index is -3.79. The van der Waals surface area contributed by atoms with Gasteiger partial charge >= 0.3 is 0 Å². The second kappa shape index (κ2) is 5.10. The summed E-state index contributed by atoms with van der Waals surface area (Å²) in [6.45, 7) is 3.37. The van der Waals surface area contributed by atoms with Gasteiger partial charge < -0.3 is 5.73 Å². The topological polar surface area (TPSA) is 114 Å². The first kappa shape index (κ1) is 14.9. The van der Waals surface area contributed by atoms with E-state index in [1.807, 2.05) is 6.07 Å². The SMILES string of the molecule is Cc1cc(S(=O)(=O)Nc2c(N)c(C)nn2C)ccc1C#N. The fourth-order valence-electron chi connectivity index (χ4n) is 1.91. The van der Waals surface area contributed by atoms with Crippen LogP contribution >= 0.6 is 0 Å². The summed E-state index contributed by atoms with van der Waals surface area (Å²) in [6, 6.07) is 6.30. The van der Waals surface area contributed by atoms with Crippen molar-refractivity contribution in [2.24, 2.45) is 7.05 Å². The Hall–Kier alpha value is -2.53. The lowest BCUT2D eigenvalue weighted by Gasteiger charge is -2.10. The van der Waals surface area contributed by atoms with Gasteiger partial charge in [-0.2, -0.15) is 10.4 Å². The molecule has 0 aliphatic carbocycles. The summed E-state index contributed by atoms with van der Waals surface area (Å²) in [7, 11) is -2.19. The number of hydrogen-bond acceptors (Lipinski definition) is 5. The Balaban J connectivity index is 2.44. The molecule has 0 saturated heterocycles. The molecular weight excluding hydrogens is 290 g/mol. The zero-order chi connectivity index (χ0) is 15.8. The van der Waals surface area contributed by atoms with E-state index in [2.05, 4.69) is 9.82 Å². The highest BCUT2D eigenvalue weighted by Gasteiger charge is 2.20. The minimum absolute atomic E-state index is 0.0669. The fraction of sp³-hybridized carbons (Fsp3) is 0.231. The molecular formula is C13H15N5O2S. The number of nitrogens with zero attached hydrogens (tertiary/aromatic N) is 3. The van der Waals surface area contributed by atoms with Gasteiger partial charge in [0, 0.05) is 7.05 Å². The summed E-state index contributed by atoms with van der Waals surface area (Å²) >= 11 is 0. The third-order valence-corrected chi connectivity index (χ3v) is 4.46. The third kappa shape index (κ3) is 2.68. The van der Waals surface area contributed by atoms with E-state index in [9.17, 15) is 8.42 Å². The first-order chi connectivity index (χ1) is 9.76. The maximum absolute atomic E-state index is 12.4. The molecule has 1 heterocycles. The van der Waals surface area contributed by atoms with Crippen molar-refractivity contribution in [2.45, 2.75) is 18.7 Å². The zero-order valence-corrected chi connectivity index (χ0v) is 12.7. The lowest BCUT2D eigenvalue weighted by Crippen LogP contribution is -2.16. The van der Waals surface area contributed by atoms with E-state index in [4.69, 9.17) is 11.0 Å². The Morgan fingerprint density at radius 1 is 1.38 bits per heavy atom. The van der Waals surface area contributed by atoms with Crippen molar-refractivity contribution in [1.29, 1.82) is 5.26 Å². The largest absolute Gasteiger partial charge is 0.394 e. The van der Waals surface area contributed by atoms with Crippen LogP contribution in [0.3, 0.4) is 0 Å². The van der Waals surface area contributed by atoms with Gasteiger partial charge in [0.05, 0.1) is 27.9 Å². The minimum Gasteiger partial charge on any atom is -0.394 e. The van der Waals surface area contributed by atoms with Crippen LogP contribution in [0.25, 0.3) is 0 Å². The van der Waals surface area contributed by atoms with Gasteiger partial charge in [0.15, 0.2) is 5.82 Å². The second-order valence-electron chi connectivity index (χ2n) is 4.67. The number of nitrogen functional groups attached to an aromatic ring is 1. The Kier molecular flexibility index (Phi) is 3.61. The van der Waals surface area contributed by atoms with Crippen molar-refractivity contribution in [3.63, 3.8) is 0 Å². The molecule has 0 bridgehead atoms. The number of aryl methyl sites for hydroxylation is 3. The Morgan fingerprint density at radius 3 is 2.52 bits per heavy atom. The quantitative estimate of drug-likeness (QED) is 0.887.